The molecule has 0 radical (unpaired) electrons. The molecule has 0 amide bonds. The van der Waals surface area contributed by atoms with Crippen LogP contribution in [0.1, 0.15) is 15.9 Å². The van der Waals surface area contributed by atoms with Gasteiger partial charge in [-0.1, -0.05) is 28.7 Å². The standard InChI is InChI=1S/C12H10INO2/c13-5-8-4-7-6-14-10-3-1-2-9(11(7)10)12(15)16-8/h1-3,6,8,14H,4-5H2. The van der Waals surface area contributed by atoms with Crippen molar-refractivity contribution in [1.29, 1.82) is 0 Å². The number of hydrogen-bond acceptors (Lipinski definition) is 2. The molecule has 82 valence electrons. The summed E-state index contributed by atoms with van der Waals surface area (Å²) in [5, 5.41) is 1.03. The molecule has 1 aromatic heterocycles. The van der Waals surface area contributed by atoms with Crippen molar-refractivity contribution in [2.45, 2.75) is 12.5 Å². The Morgan fingerprint density at radius 2 is 2.38 bits per heavy atom. The van der Waals surface area contributed by atoms with Gasteiger partial charge in [-0.05, 0) is 17.7 Å². The normalized spacial score (nSPS) is 19.6. The van der Waals surface area contributed by atoms with Gasteiger partial charge in [0, 0.05) is 27.9 Å². The first-order valence-corrected chi connectivity index (χ1v) is 6.68. The maximum absolute atomic E-state index is 11.9. The molecule has 1 atom stereocenters. The van der Waals surface area contributed by atoms with Crippen LogP contribution in [0.2, 0.25) is 0 Å². The Morgan fingerprint density at radius 1 is 1.50 bits per heavy atom. The Morgan fingerprint density at radius 3 is 3.19 bits per heavy atom. The first kappa shape index (κ1) is 10.1. The zero-order valence-electron chi connectivity index (χ0n) is 8.50. The monoisotopic (exact) mass is 327 g/mol. The van der Waals surface area contributed by atoms with Crippen LogP contribution in [0.4, 0.5) is 0 Å². The molecule has 1 N–H and O–H groups in total. The number of ether oxygens (including phenoxy) is 1. The van der Waals surface area contributed by atoms with Crippen LogP contribution in [-0.2, 0) is 11.2 Å². The number of alkyl halides is 1. The number of hydrogen-bond donors (Lipinski definition) is 1. The topological polar surface area (TPSA) is 42.1 Å². The van der Waals surface area contributed by atoms with Crippen molar-refractivity contribution in [2.75, 3.05) is 4.43 Å². The Bertz CT molecular complexity index is 561. The average molecular weight is 327 g/mol. The number of cyclic esters (lactones) is 1. The summed E-state index contributed by atoms with van der Waals surface area (Å²) in [6, 6.07) is 5.70. The summed E-state index contributed by atoms with van der Waals surface area (Å²) in [4.78, 5) is 15.1. The van der Waals surface area contributed by atoms with Gasteiger partial charge in [0.05, 0.1) is 5.56 Å². The van der Waals surface area contributed by atoms with Crippen LogP contribution in [-0.4, -0.2) is 21.5 Å². The van der Waals surface area contributed by atoms with E-state index in [1.54, 1.807) is 0 Å². The van der Waals surface area contributed by atoms with Gasteiger partial charge in [-0.2, -0.15) is 0 Å². The number of H-pyrrole nitrogens is 1. The minimum atomic E-state index is -0.203. The number of carbonyl (C=O) groups excluding carboxylic acids is 1. The summed E-state index contributed by atoms with van der Waals surface area (Å²) in [7, 11) is 0. The van der Waals surface area contributed by atoms with E-state index in [-0.39, 0.29) is 12.1 Å². The van der Waals surface area contributed by atoms with Crippen LogP contribution >= 0.6 is 22.6 Å². The van der Waals surface area contributed by atoms with Crippen molar-refractivity contribution in [2.24, 2.45) is 0 Å². The third-order valence-corrected chi connectivity index (χ3v) is 3.88. The number of carbonyl (C=O) groups is 1. The molecule has 0 saturated carbocycles. The fourth-order valence-corrected chi connectivity index (χ4v) is 2.67. The van der Waals surface area contributed by atoms with E-state index in [1.165, 1.54) is 5.56 Å². The van der Waals surface area contributed by atoms with Gasteiger partial charge in [0.15, 0.2) is 0 Å². The molecule has 0 bridgehead atoms. The van der Waals surface area contributed by atoms with Crippen molar-refractivity contribution < 1.29 is 9.53 Å². The molecular weight excluding hydrogens is 317 g/mol. The fraction of sp³-hybridized carbons (Fsp3) is 0.250. The lowest BCUT2D eigenvalue weighted by Crippen LogP contribution is -2.19. The van der Waals surface area contributed by atoms with E-state index in [2.05, 4.69) is 27.6 Å². The quantitative estimate of drug-likeness (QED) is 0.497. The number of benzene rings is 1. The van der Waals surface area contributed by atoms with Gasteiger partial charge in [-0.25, -0.2) is 4.79 Å². The van der Waals surface area contributed by atoms with Gasteiger partial charge < -0.3 is 9.72 Å². The summed E-state index contributed by atoms with van der Waals surface area (Å²) in [6.07, 6.45) is 2.76. The summed E-state index contributed by atoms with van der Waals surface area (Å²) in [5.74, 6) is -0.203. The van der Waals surface area contributed by atoms with Crippen LogP contribution in [0, 0.1) is 0 Å². The molecule has 4 heteroatoms. The van der Waals surface area contributed by atoms with Gasteiger partial charge in [0.2, 0.25) is 0 Å². The predicted octanol–water partition coefficient (Wildman–Crippen LogP) is 2.68. The second-order valence-electron chi connectivity index (χ2n) is 3.93. The van der Waals surface area contributed by atoms with Crippen molar-refractivity contribution in [3.05, 3.63) is 35.5 Å². The van der Waals surface area contributed by atoms with Crippen molar-refractivity contribution in [3.8, 4) is 0 Å². The van der Waals surface area contributed by atoms with E-state index >= 15 is 0 Å². The summed E-state index contributed by atoms with van der Waals surface area (Å²) >= 11 is 2.25. The highest BCUT2D eigenvalue weighted by Crippen LogP contribution is 2.28. The highest BCUT2D eigenvalue weighted by Gasteiger charge is 2.24. The highest BCUT2D eigenvalue weighted by atomic mass is 127. The van der Waals surface area contributed by atoms with Crippen LogP contribution in [0.5, 0.6) is 0 Å². The predicted molar refractivity (Wildman–Crippen MR) is 70.1 cm³/mol. The number of aromatic amines is 1. The lowest BCUT2D eigenvalue weighted by molar-refractivity contribution is 0.0368. The van der Waals surface area contributed by atoms with Gasteiger partial charge in [0.25, 0.3) is 0 Å². The lowest BCUT2D eigenvalue weighted by Gasteiger charge is -2.11. The Labute approximate surface area is 106 Å². The fourth-order valence-electron chi connectivity index (χ4n) is 2.17. The van der Waals surface area contributed by atoms with Crippen LogP contribution < -0.4 is 0 Å². The number of rotatable bonds is 1. The summed E-state index contributed by atoms with van der Waals surface area (Å²) in [6.45, 7) is 0. The maximum atomic E-state index is 11.9. The maximum Gasteiger partial charge on any atom is 0.339 e. The third-order valence-electron chi connectivity index (χ3n) is 2.90. The molecule has 0 aliphatic carbocycles. The molecule has 1 aliphatic heterocycles. The van der Waals surface area contributed by atoms with Crippen LogP contribution in [0.3, 0.4) is 0 Å². The molecule has 0 spiro atoms. The van der Waals surface area contributed by atoms with Crippen LogP contribution in [0.25, 0.3) is 10.9 Å². The van der Waals surface area contributed by atoms with Crippen molar-refractivity contribution >= 4 is 39.5 Å². The lowest BCUT2D eigenvalue weighted by atomic mass is 10.0. The number of esters is 1. The number of halogens is 1. The minimum Gasteiger partial charge on any atom is -0.458 e. The molecule has 16 heavy (non-hydrogen) atoms. The van der Waals surface area contributed by atoms with Gasteiger partial charge in [-0.3, -0.25) is 0 Å². The van der Waals surface area contributed by atoms with Gasteiger partial charge in [0.1, 0.15) is 6.10 Å². The molecule has 1 aromatic carbocycles. The molecule has 0 saturated heterocycles. The van der Waals surface area contributed by atoms with E-state index in [9.17, 15) is 4.79 Å². The largest absolute Gasteiger partial charge is 0.458 e. The third kappa shape index (κ3) is 1.43. The first-order valence-electron chi connectivity index (χ1n) is 5.15. The van der Waals surface area contributed by atoms with E-state index in [1.807, 2.05) is 24.4 Å². The Kier molecular flexibility index (Phi) is 2.38. The first-order chi connectivity index (χ1) is 7.79. The minimum absolute atomic E-state index is 0.0144. The zero-order valence-corrected chi connectivity index (χ0v) is 10.7. The molecule has 2 heterocycles. The molecule has 2 aromatic rings. The number of aromatic nitrogens is 1. The highest BCUT2D eigenvalue weighted by molar-refractivity contribution is 14.1. The molecule has 1 unspecified atom stereocenters. The molecule has 3 rings (SSSR count). The molecular formula is C12H10INO2. The van der Waals surface area contributed by atoms with Crippen molar-refractivity contribution in [1.82, 2.24) is 4.98 Å². The number of nitrogens with one attached hydrogen (secondary N) is 1. The van der Waals surface area contributed by atoms with Gasteiger partial charge >= 0.3 is 5.97 Å². The van der Waals surface area contributed by atoms with E-state index < -0.39 is 0 Å². The summed E-state index contributed by atoms with van der Waals surface area (Å²) in [5.41, 5.74) is 2.87. The Hall–Kier alpha value is -1.04. The van der Waals surface area contributed by atoms with Crippen molar-refractivity contribution in [3.63, 3.8) is 0 Å². The molecule has 3 nitrogen and oxygen atoms in total. The van der Waals surface area contributed by atoms with E-state index in [0.29, 0.717) is 5.56 Å². The van der Waals surface area contributed by atoms with E-state index in [0.717, 1.165) is 21.8 Å². The Balaban J connectivity index is 2.26. The van der Waals surface area contributed by atoms with E-state index in [4.69, 9.17) is 4.74 Å². The zero-order chi connectivity index (χ0) is 11.1. The molecule has 0 fully saturated rings. The molecule has 1 aliphatic rings. The second-order valence-corrected chi connectivity index (χ2v) is 4.81. The smallest absolute Gasteiger partial charge is 0.339 e. The van der Waals surface area contributed by atoms with Gasteiger partial charge in [-0.15, -0.1) is 0 Å². The van der Waals surface area contributed by atoms with Crippen LogP contribution in [0.15, 0.2) is 24.4 Å². The second kappa shape index (κ2) is 3.76. The summed E-state index contributed by atoms with van der Waals surface area (Å²) < 4.78 is 6.25. The SMILES string of the molecule is O=C1OC(CI)Cc2c[nH]c3cccc1c23. The average Bonchev–Trinajstić information content (AvgIpc) is 2.64.